The predicted octanol–water partition coefficient (Wildman–Crippen LogP) is -1.02. The molecule has 0 saturated carbocycles. The van der Waals surface area contributed by atoms with E-state index >= 15 is 0 Å². The van der Waals surface area contributed by atoms with Crippen LogP contribution in [0.3, 0.4) is 0 Å². The number of aliphatic hydroxyl groups is 8. The number of fused-ring (bicyclic) bond motifs is 5. The Morgan fingerprint density at radius 2 is 1.20 bits per heavy atom. The van der Waals surface area contributed by atoms with E-state index in [9.17, 15) is 45.6 Å². The van der Waals surface area contributed by atoms with Gasteiger partial charge in [0, 0.05) is 29.6 Å². The molecule has 268 valence electrons. The highest BCUT2D eigenvalue weighted by Crippen LogP contribution is 2.54. The maximum absolute atomic E-state index is 12.8. The molecule has 3 aliphatic heterocycles. The van der Waals surface area contributed by atoms with Crippen molar-refractivity contribution in [3.05, 3.63) is 58.7 Å². The van der Waals surface area contributed by atoms with Crippen molar-refractivity contribution in [2.24, 2.45) is 0 Å². The molecular weight excluding hydrogens is 650 g/mol. The predicted molar refractivity (Wildman–Crippen MR) is 176 cm³/mol. The summed E-state index contributed by atoms with van der Waals surface area (Å²) in [4.78, 5) is 14.5. The number of hydrogen-bond acceptors (Lipinski definition) is 12. The average molecular weight is 694 g/mol. The van der Waals surface area contributed by atoms with Gasteiger partial charge in [0.05, 0.1) is 19.3 Å². The summed E-state index contributed by atoms with van der Waals surface area (Å²) >= 11 is 0. The van der Waals surface area contributed by atoms with E-state index in [0.717, 1.165) is 22.3 Å². The first-order chi connectivity index (χ1) is 23.9. The number of rotatable bonds is 3. The Morgan fingerprint density at radius 1 is 0.760 bits per heavy atom. The third-order valence-corrected chi connectivity index (χ3v) is 10.1. The molecule has 3 fully saturated rings. The molecule has 13 heteroatoms. The maximum Gasteiger partial charge on any atom is 0.410 e. The van der Waals surface area contributed by atoms with Crippen LogP contribution in [0.1, 0.15) is 48.9 Å². The molecule has 8 N–H and O–H groups in total. The fourth-order valence-corrected chi connectivity index (χ4v) is 7.29. The monoisotopic (exact) mass is 693 g/mol. The van der Waals surface area contributed by atoms with Crippen molar-refractivity contribution < 1.29 is 59.9 Å². The van der Waals surface area contributed by atoms with Gasteiger partial charge in [0.15, 0.2) is 0 Å². The second-order valence-electron chi connectivity index (χ2n) is 13.6. The number of carbonyl (C=O) groups excluding carboxylic acids is 1. The molecule has 1 amide bonds. The Hall–Kier alpha value is -3.57. The summed E-state index contributed by atoms with van der Waals surface area (Å²) in [7, 11) is 0. The van der Waals surface area contributed by atoms with Gasteiger partial charge in [0.1, 0.15) is 61.0 Å². The smallest absolute Gasteiger partial charge is 0.410 e. The summed E-state index contributed by atoms with van der Waals surface area (Å²) in [6.07, 6.45) is -13.0. The second-order valence-corrected chi connectivity index (χ2v) is 13.6. The summed E-state index contributed by atoms with van der Waals surface area (Å²) in [5, 5.41) is 80.8. The zero-order chi connectivity index (χ0) is 35.9. The molecule has 10 atom stereocenters. The van der Waals surface area contributed by atoms with Crippen molar-refractivity contribution in [3.8, 4) is 34.8 Å². The number of carbonyl (C=O) groups is 1. The first-order valence-electron chi connectivity index (χ1n) is 16.8. The van der Waals surface area contributed by atoms with Crippen LogP contribution in [0.25, 0.3) is 11.1 Å². The van der Waals surface area contributed by atoms with Gasteiger partial charge >= 0.3 is 6.09 Å². The normalized spacial score (nSPS) is 32.7. The Kier molecular flexibility index (Phi) is 10.6. The molecule has 0 bridgehead atoms. The van der Waals surface area contributed by atoms with Crippen LogP contribution in [0.4, 0.5) is 4.79 Å². The lowest BCUT2D eigenvalue weighted by Crippen LogP contribution is -2.58. The molecule has 4 aliphatic rings. The highest BCUT2D eigenvalue weighted by molar-refractivity contribution is 5.83. The molecule has 0 radical (unpaired) electrons. The maximum atomic E-state index is 12.8. The number of ether oxygens (including phenoxy) is 3. The lowest BCUT2D eigenvalue weighted by Gasteiger charge is -2.40. The van der Waals surface area contributed by atoms with Gasteiger partial charge in [-0.15, -0.1) is 0 Å². The van der Waals surface area contributed by atoms with E-state index < -0.39 is 79.7 Å². The lowest BCUT2D eigenvalue weighted by molar-refractivity contribution is -0.214. The molecule has 3 heterocycles. The zero-order valence-electron chi connectivity index (χ0n) is 27.7. The van der Waals surface area contributed by atoms with Gasteiger partial charge in [-0.1, -0.05) is 35.8 Å². The zero-order valence-corrected chi connectivity index (χ0v) is 27.7. The van der Waals surface area contributed by atoms with Crippen molar-refractivity contribution in [3.63, 3.8) is 0 Å². The van der Waals surface area contributed by atoms with Crippen LogP contribution in [-0.2, 0) is 19.6 Å². The number of benzene rings is 2. The quantitative estimate of drug-likeness (QED) is 0.182. The molecular formula is C37H43NO12. The average Bonchev–Trinajstić information content (AvgIpc) is 3.36. The van der Waals surface area contributed by atoms with Gasteiger partial charge in [-0.3, -0.25) is 0 Å². The summed E-state index contributed by atoms with van der Waals surface area (Å²) < 4.78 is 16.6. The highest BCUT2D eigenvalue weighted by atomic mass is 16.6. The topological polar surface area (TPSA) is 210 Å². The molecule has 3 saturated heterocycles. The Balaban J connectivity index is 1.34. The SMILES string of the molecule is CC(C)OC(=O)N1CCC2(CC1)c1cc(C#CC3OC(CO)C(O)C(O)C3O)ccc1-c1ccc(C#CC3OC(CO)C(O)C(O)C3O)cc12. The molecule has 0 aromatic heterocycles. The largest absolute Gasteiger partial charge is 0.447 e. The Bertz CT molecular complexity index is 1590. The van der Waals surface area contributed by atoms with Crippen LogP contribution >= 0.6 is 0 Å². The molecule has 10 unspecified atom stereocenters. The summed E-state index contributed by atoms with van der Waals surface area (Å²) in [6.45, 7) is 3.33. The molecule has 2 aromatic rings. The Labute approximate surface area is 289 Å². The first-order valence-corrected chi connectivity index (χ1v) is 16.8. The van der Waals surface area contributed by atoms with E-state index in [2.05, 4.69) is 23.7 Å². The minimum absolute atomic E-state index is 0.263. The fourth-order valence-electron chi connectivity index (χ4n) is 7.29. The summed E-state index contributed by atoms with van der Waals surface area (Å²) in [6, 6.07) is 11.5. The highest BCUT2D eigenvalue weighted by Gasteiger charge is 2.47. The van der Waals surface area contributed by atoms with Crippen LogP contribution in [0.15, 0.2) is 36.4 Å². The lowest BCUT2D eigenvalue weighted by atomic mass is 9.70. The van der Waals surface area contributed by atoms with Gasteiger partial charge in [0.2, 0.25) is 0 Å². The molecule has 1 spiro atoms. The Morgan fingerprint density at radius 3 is 1.60 bits per heavy atom. The van der Waals surface area contributed by atoms with Crippen molar-refractivity contribution in [1.82, 2.24) is 4.90 Å². The number of amides is 1. The van der Waals surface area contributed by atoms with E-state index in [-0.39, 0.29) is 12.2 Å². The summed E-state index contributed by atoms with van der Waals surface area (Å²) in [5.74, 6) is 11.8. The van der Waals surface area contributed by atoms with Gasteiger partial charge in [-0.25, -0.2) is 4.79 Å². The van der Waals surface area contributed by atoms with E-state index in [1.54, 1.807) is 18.7 Å². The van der Waals surface area contributed by atoms with Gasteiger partial charge in [-0.2, -0.15) is 0 Å². The van der Waals surface area contributed by atoms with Crippen molar-refractivity contribution in [1.29, 1.82) is 0 Å². The second kappa shape index (κ2) is 14.6. The number of hydrogen-bond donors (Lipinski definition) is 8. The molecule has 6 rings (SSSR count). The minimum atomic E-state index is -1.54. The van der Waals surface area contributed by atoms with E-state index in [1.165, 1.54) is 0 Å². The number of aliphatic hydroxyl groups excluding tert-OH is 8. The summed E-state index contributed by atoms with van der Waals surface area (Å²) in [5.41, 5.74) is 4.61. The van der Waals surface area contributed by atoms with E-state index in [0.29, 0.717) is 37.1 Å². The molecule has 2 aromatic carbocycles. The molecule has 1 aliphatic carbocycles. The first kappa shape index (κ1) is 36.2. The van der Waals surface area contributed by atoms with Gasteiger partial charge in [0.25, 0.3) is 0 Å². The van der Waals surface area contributed by atoms with Gasteiger partial charge < -0.3 is 60.0 Å². The van der Waals surface area contributed by atoms with Crippen molar-refractivity contribution >= 4 is 6.09 Å². The standard InChI is InChI=1S/C37H43NO12/c1-19(2)48-36(47)38-13-11-37(12-14-38)24-15-20(5-9-26-30(41)34(45)32(43)28(17-39)49-26)3-7-22(24)23-8-4-21(16-25(23)37)6-10-27-31(42)35(46)33(44)29(18-40)50-27/h3-4,7-8,15-16,19,26-35,39-46H,11-14,17-18H2,1-2H3. The van der Waals surface area contributed by atoms with Crippen LogP contribution < -0.4 is 0 Å². The molecule has 13 nitrogen and oxygen atoms in total. The third kappa shape index (κ3) is 6.63. The van der Waals surface area contributed by atoms with E-state index in [1.807, 2.05) is 36.4 Å². The number of likely N-dealkylation sites (tertiary alicyclic amines) is 1. The minimum Gasteiger partial charge on any atom is -0.447 e. The number of nitrogens with zero attached hydrogens (tertiary/aromatic N) is 1. The van der Waals surface area contributed by atoms with Crippen LogP contribution in [0, 0.1) is 23.7 Å². The van der Waals surface area contributed by atoms with Crippen molar-refractivity contribution in [2.75, 3.05) is 26.3 Å². The van der Waals surface area contributed by atoms with Crippen LogP contribution in [0.5, 0.6) is 0 Å². The third-order valence-electron chi connectivity index (χ3n) is 10.1. The van der Waals surface area contributed by atoms with Crippen molar-refractivity contribution in [2.45, 2.75) is 99.2 Å². The van der Waals surface area contributed by atoms with Gasteiger partial charge in [-0.05, 0) is 73.2 Å². The van der Waals surface area contributed by atoms with E-state index in [4.69, 9.17) is 14.2 Å². The molecule has 50 heavy (non-hydrogen) atoms. The van der Waals surface area contributed by atoms with Crippen LogP contribution in [-0.4, -0.2) is 145 Å². The van der Waals surface area contributed by atoms with Crippen LogP contribution in [0.2, 0.25) is 0 Å². The number of piperidine rings is 1. The fraction of sp³-hybridized carbons (Fsp3) is 0.541.